The van der Waals surface area contributed by atoms with Crippen LogP contribution in [0.5, 0.6) is 11.5 Å². The molecule has 202 valence electrons. The van der Waals surface area contributed by atoms with Gasteiger partial charge in [-0.2, -0.15) is 13.5 Å². The first-order chi connectivity index (χ1) is 18.5. The van der Waals surface area contributed by atoms with Crippen LogP contribution in [0.25, 0.3) is 10.8 Å². The van der Waals surface area contributed by atoms with Gasteiger partial charge in [0.2, 0.25) is 0 Å². The number of halogens is 2. The van der Waals surface area contributed by atoms with E-state index in [2.05, 4.69) is 15.5 Å². The van der Waals surface area contributed by atoms with Gasteiger partial charge in [0.1, 0.15) is 22.0 Å². The predicted octanol–water partition coefficient (Wildman–Crippen LogP) is 4.10. The van der Waals surface area contributed by atoms with Crippen LogP contribution in [-0.2, 0) is 16.5 Å². The molecule has 0 aliphatic carbocycles. The number of aryl methyl sites for hydroxylation is 1. The van der Waals surface area contributed by atoms with Crippen molar-refractivity contribution in [3.63, 3.8) is 0 Å². The SMILES string of the molecule is CCOc1cccc(Cl)c1NC(=O)c1cc2ccccc2c(N=Nc2cc(CC)cc(S(=O)(=O)O)c2Cl)c1[O-].[Na+]. The number of nitrogens with zero attached hydrogens (tertiary/aromatic N) is 2. The molecule has 0 heterocycles. The van der Waals surface area contributed by atoms with Gasteiger partial charge in [-0.25, -0.2) is 0 Å². The molecule has 0 radical (unpaired) electrons. The second-order valence-corrected chi connectivity index (χ2v) is 10.5. The van der Waals surface area contributed by atoms with Crippen LogP contribution in [-0.4, -0.2) is 25.5 Å². The van der Waals surface area contributed by atoms with Crippen LogP contribution in [0.15, 0.2) is 75.8 Å². The van der Waals surface area contributed by atoms with E-state index in [0.29, 0.717) is 35.1 Å². The number of carbonyl (C=O) groups excluding carboxylic acids is 1. The Morgan fingerprint density at radius 2 is 1.77 bits per heavy atom. The average Bonchev–Trinajstić information content (AvgIpc) is 2.90. The molecule has 13 heteroatoms. The fourth-order valence-electron chi connectivity index (χ4n) is 3.87. The zero-order valence-electron chi connectivity index (χ0n) is 21.7. The Morgan fingerprint density at radius 3 is 2.45 bits per heavy atom. The van der Waals surface area contributed by atoms with E-state index in [-0.39, 0.29) is 62.2 Å². The number of rotatable bonds is 8. The summed E-state index contributed by atoms with van der Waals surface area (Å²) in [5.41, 5.74) is 0.277. The zero-order chi connectivity index (χ0) is 28.3. The van der Waals surface area contributed by atoms with Gasteiger partial charge in [0.15, 0.2) is 0 Å². The molecule has 2 N–H and O–H groups in total. The molecule has 9 nitrogen and oxygen atoms in total. The molecule has 0 bridgehead atoms. The van der Waals surface area contributed by atoms with Gasteiger partial charge in [0.25, 0.3) is 16.0 Å². The zero-order valence-corrected chi connectivity index (χ0v) is 26.1. The van der Waals surface area contributed by atoms with Gasteiger partial charge in [-0.05, 0) is 54.6 Å². The summed E-state index contributed by atoms with van der Waals surface area (Å²) >= 11 is 12.5. The van der Waals surface area contributed by atoms with E-state index < -0.39 is 26.7 Å². The molecule has 0 saturated heterocycles. The number of benzene rings is 4. The molecule has 0 aromatic heterocycles. The first-order valence-electron chi connectivity index (χ1n) is 11.7. The largest absolute Gasteiger partial charge is 1.00 e. The van der Waals surface area contributed by atoms with Gasteiger partial charge in [-0.3, -0.25) is 9.35 Å². The van der Waals surface area contributed by atoms with Crippen LogP contribution in [0.3, 0.4) is 0 Å². The molecule has 0 aliphatic heterocycles. The summed E-state index contributed by atoms with van der Waals surface area (Å²) in [7, 11) is -4.64. The van der Waals surface area contributed by atoms with Crippen molar-refractivity contribution >= 4 is 67.1 Å². The van der Waals surface area contributed by atoms with Gasteiger partial charge >= 0.3 is 29.6 Å². The maximum atomic E-state index is 13.5. The van der Waals surface area contributed by atoms with Crippen LogP contribution < -0.4 is 44.7 Å². The number of azo groups is 1. The minimum absolute atomic E-state index is 0. The molecule has 0 aliphatic rings. The summed E-state index contributed by atoms with van der Waals surface area (Å²) in [5, 5.41) is 25.1. The Hall–Kier alpha value is -2.70. The molecule has 0 fully saturated rings. The third-order valence-corrected chi connectivity index (χ3v) is 7.46. The summed E-state index contributed by atoms with van der Waals surface area (Å²) in [6, 6.07) is 15.8. The standard InChI is InChI=1S/C27H23Cl2N3O6S.Na/c1-3-15-12-20(23(29)22(13-15)39(35,36)37)31-32-24-17-9-6-5-8-16(17)14-18(26(24)33)27(34)30-25-19(28)10-7-11-21(25)38-4-2;/h5-14,33H,3-4H2,1-2H3,(H,30,34)(H,35,36,37);/q;+1/p-1. The summed E-state index contributed by atoms with van der Waals surface area (Å²) in [6.07, 6.45) is 0.416. The van der Waals surface area contributed by atoms with Crippen LogP contribution >= 0.6 is 23.2 Å². The third-order valence-electron chi connectivity index (χ3n) is 5.76. The van der Waals surface area contributed by atoms with Crippen molar-refractivity contribution in [2.45, 2.75) is 25.2 Å². The van der Waals surface area contributed by atoms with Gasteiger partial charge < -0.3 is 15.2 Å². The number of ether oxygens (including phenoxy) is 1. The topological polar surface area (TPSA) is 140 Å². The summed E-state index contributed by atoms with van der Waals surface area (Å²) in [4.78, 5) is 12.8. The second kappa shape index (κ2) is 13.3. The second-order valence-electron chi connectivity index (χ2n) is 8.28. The quantitative estimate of drug-likeness (QED) is 0.175. The molecule has 0 spiro atoms. The maximum absolute atomic E-state index is 13.5. The van der Waals surface area contributed by atoms with E-state index in [4.69, 9.17) is 27.9 Å². The molecule has 4 rings (SSSR count). The van der Waals surface area contributed by atoms with Gasteiger partial charge in [0.05, 0.1) is 22.3 Å². The molecular weight excluding hydrogens is 588 g/mol. The summed E-state index contributed by atoms with van der Waals surface area (Å²) in [6.45, 7) is 3.89. The van der Waals surface area contributed by atoms with Gasteiger partial charge in [0, 0.05) is 10.9 Å². The number of hydrogen-bond donors (Lipinski definition) is 2. The number of hydrogen-bond acceptors (Lipinski definition) is 7. The van der Waals surface area contributed by atoms with Crippen molar-refractivity contribution in [3.8, 4) is 11.5 Å². The first-order valence-corrected chi connectivity index (χ1v) is 13.9. The number of carbonyl (C=O) groups is 1. The normalized spacial score (nSPS) is 11.4. The van der Waals surface area contributed by atoms with Crippen LogP contribution in [0.4, 0.5) is 17.1 Å². The van der Waals surface area contributed by atoms with Crippen LogP contribution in [0.1, 0.15) is 29.8 Å². The Bertz CT molecular complexity index is 1730. The Morgan fingerprint density at radius 1 is 1.05 bits per heavy atom. The fraction of sp³-hybridized carbons (Fsp3) is 0.148. The first kappa shape index (κ1) is 31.8. The smallest absolute Gasteiger partial charge is 0.870 e. The molecular formula is C27H22Cl2N3NaO6S. The van der Waals surface area contributed by atoms with E-state index in [1.54, 1.807) is 56.3 Å². The molecule has 0 saturated carbocycles. The predicted molar refractivity (Wildman–Crippen MR) is 149 cm³/mol. The average molecular weight is 610 g/mol. The van der Waals surface area contributed by atoms with Crippen LogP contribution in [0.2, 0.25) is 10.0 Å². The summed E-state index contributed by atoms with van der Waals surface area (Å²) in [5.74, 6) is -1.12. The minimum atomic E-state index is -4.64. The Balaban J connectivity index is 0.00000441. The molecule has 0 atom stereocenters. The molecule has 4 aromatic rings. The third kappa shape index (κ3) is 6.77. The summed E-state index contributed by atoms with van der Waals surface area (Å²) < 4.78 is 38.8. The fourth-order valence-corrected chi connectivity index (χ4v) is 5.15. The van der Waals surface area contributed by atoms with Crippen molar-refractivity contribution in [1.29, 1.82) is 0 Å². The number of anilines is 1. The van der Waals surface area contributed by atoms with E-state index in [0.717, 1.165) is 0 Å². The number of para-hydroxylation sites is 1. The van der Waals surface area contributed by atoms with Crippen molar-refractivity contribution in [2.24, 2.45) is 10.2 Å². The van der Waals surface area contributed by atoms with Crippen molar-refractivity contribution in [2.75, 3.05) is 11.9 Å². The number of amides is 1. The van der Waals surface area contributed by atoms with E-state index in [9.17, 15) is 22.9 Å². The Labute approximate surface area is 263 Å². The number of fused-ring (bicyclic) bond motifs is 1. The number of nitrogens with one attached hydrogen (secondary N) is 1. The monoisotopic (exact) mass is 609 g/mol. The van der Waals surface area contributed by atoms with Crippen LogP contribution in [0, 0.1) is 0 Å². The van der Waals surface area contributed by atoms with Gasteiger partial charge in [-0.1, -0.05) is 66.2 Å². The van der Waals surface area contributed by atoms with Gasteiger partial charge in [-0.15, -0.1) is 5.11 Å². The Kier molecular flexibility index (Phi) is 10.6. The molecule has 4 aromatic carbocycles. The molecule has 1 amide bonds. The van der Waals surface area contributed by atoms with E-state index in [1.807, 2.05) is 0 Å². The van der Waals surface area contributed by atoms with E-state index in [1.165, 1.54) is 18.2 Å². The molecule has 0 unspecified atom stereocenters. The van der Waals surface area contributed by atoms with Crippen molar-refractivity contribution in [1.82, 2.24) is 0 Å². The van der Waals surface area contributed by atoms with Crippen molar-refractivity contribution < 1.29 is 57.2 Å². The molecule has 40 heavy (non-hydrogen) atoms. The minimum Gasteiger partial charge on any atom is -0.870 e. The van der Waals surface area contributed by atoms with Crippen molar-refractivity contribution in [3.05, 3.63) is 81.8 Å². The van der Waals surface area contributed by atoms with E-state index >= 15 is 0 Å². The maximum Gasteiger partial charge on any atom is 1.00 e.